The van der Waals surface area contributed by atoms with Crippen LogP contribution in [0.15, 0.2) is 12.1 Å². The summed E-state index contributed by atoms with van der Waals surface area (Å²) in [6, 6.07) is 1.11. The quantitative estimate of drug-likeness (QED) is 0.864. The molecule has 1 aliphatic rings. The number of carbonyl (C=O) groups is 1. The average molecular weight is 272 g/mol. The zero-order chi connectivity index (χ0) is 14.0. The molecule has 6 heteroatoms. The number of piperidine rings is 1. The number of amides is 1. The summed E-state index contributed by atoms with van der Waals surface area (Å²) in [6.45, 7) is 2.71. The van der Waals surface area contributed by atoms with Crippen molar-refractivity contribution in [3.8, 4) is 0 Å². The fourth-order valence-corrected chi connectivity index (χ4v) is 2.28. The third kappa shape index (κ3) is 3.26. The van der Waals surface area contributed by atoms with E-state index in [0.717, 1.165) is 6.54 Å². The third-order valence-electron chi connectivity index (χ3n) is 3.19. The minimum absolute atomic E-state index is 0.132. The molecule has 1 aromatic rings. The first-order valence-electron chi connectivity index (χ1n) is 6.16. The van der Waals surface area contributed by atoms with Crippen molar-refractivity contribution in [3.05, 3.63) is 35.1 Å². The molecule has 2 N–H and O–H groups in total. The van der Waals surface area contributed by atoms with Crippen molar-refractivity contribution in [1.82, 2.24) is 10.6 Å². The van der Waals surface area contributed by atoms with Crippen LogP contribution in [0.4, 0.5) is 13.2 Å². The Labute approximate surface area is 109 Å². The summed E-state index contributed by atoms with van der Waals surface area (Å²) in [5.74, 6) is -4.25. The van der Waals surface area contributed by atoms with Crippen molar-refractivity contribution in [2.24, 2.45) is 0 Å². The van der Waals surface area contributed by atoms with E-state index < -0.39 is 28.9 Å². The second-order valence-electron chi connectivity index (χ2n) is 4.79. The Bertz CT molecular complexity index is 470. The zero-order valence-electron chi connectivity index (χ0n) is 10.5. The molecule has 0 spiro atoms. The lowest BCUT2D eigenvalue weighted by Crippen LogP contribution is -2.46. The number of halogens is 3. The van der Waals surface area contributed by atoms with Gasteiger partial charge in [0.15, 0.2) is 0 Å². The Morgan fingerprint density at radius 2 is 1.95 bits per heavy atom. The van der Waals surface area contributed by atoms with Gasteiger partial charge in [0.05, 0.1) is 0 Å². The Morgan fingerprint density at radius 1 is 1.32 bits per heavy atom. The molecule has 1 aromatic carbocycles. The Kier molecular flexibility index (Phi) is 4.09. The van der Waals surface area contributed by atoms with E-state index in [1.807, 2.05) is 6.92 Å². The molecule has 0 saturated carbocycles. The van der Waals surface area contributed by atoms with E-state index in [-0.39, 0.29) is 12.1 Å². The molecule has 0 bridgehead atoms. The van der Waals surface area contributed by atoms with E-state index in [9.17, 15) is 18.0 Å². The molecule has 1 amide bonds. The van der Waals surface area contributed by atoms with E-state index in [1.165, 1.54) is 0 Å². The number of carbonyl (C=O) groups excluding carboxylic acids is 1. The first-order valence-corrected chi connectivity index (χ1v) is 6.16. The second-order valence-corrected chi connectivity index (χ2v) is 4.79. The lowest BCUT2D eigenvalue weighted by molar-refractivity contribution is 0.0917. The summed E-state index contributed by atoms with van der Waals surface area (Å²) in [4.78, 5) is 11.8. The normalized spacial score (nSPS) is 23.2. The first kappa shape index (κ1) is 13.9. The van der Waals surface area contributed by atoms with Crippen LogP contribution in [0.2, 0.25) is 0 Å². The first-order chi connectivity index (χ1) is 8.97. The SMILES string of the molecule is CC1CC(NC(=O)c2c(F)cc(F)cc2F)CCN1. The minimum Gasteiger partial charge on any atom is -0.349 e. The van der Waals surface area contributed by atoms with Gasteiger partial charge in [-0.1, -0.05) is 0 Å². The molecule has 104 valence electrons. The standard InChI is InChI=1S/C13H15F3N2O/c1-7-4-9(2-3-17-7)18-13(19)12-10(15)5-8(14)6-11(12)16/h5-7,9,17H,2-4H2,1H3,(H,18,19). The number of benzene rings is 1. The Hall–Kier alpha value is -1.56. The van der Waals surface area contributed by atoms with E-state index in [0.29, 0.717) is 25.0 Å². The monoisotopic (exact) mass is 272 g/mol. The molecule has 0 aliphatic carbocycles. The molecular formula is C13H15F3N2O. The van der Waals surface area contributed by atoms with Crippen LogP contribution in [0.25, 0.3) is 0 Å². The van der Waals surface area contributed by atoms with Crippen molar-refractivity contribution in [1.29, 1.82) is 0 Å². The minimum atomic E-state index is -1.18. The van der Waals surface area contributed by atoms with Gasteiger partial charge in [0.1, 0.15) is 23.0 Å². The van der Waals surface area contributed by atoms with Crippen LogP contribution >= 0.6 is 0 Å². The molecule has 1 fully saturated rings. The molecule has 1 aliphatic heterocycles. The fourth-order valence-electron chi connectivity index (χ4n) is 2.28. The topological polar surface area (TPSA) is 41.1 Å². The van der Waals surface area contributed by atoms with E-state index >= 15 is 0 Å². The molecular weight excluding hydrogens is 257 g/mol. The van der Waals surface area contributed by atoms with Gasteiger partial charge in [-0.05, 0) is 26.3 Å². The number of hydrogen-bond acceptors (Lipinski definition) is 2. The van der Waals surface area contributed by atoms with Crippen molar-refractivity contribution < 1.29 is 18.0 Å². The van der Waals surface area contributed by atoms with Crippen molar-refractivity contribution in [3.63, 3.8) is 0 Å². The molecule has 3 nitrogen and oxygen atoms in total. The number of rotatable bonds is 2. The Morgan fingerprint density at radius 3 is 2.53 bits per heavy atom. The van der Waals surface area contributed by atoms with Gasteiger partial charge in [0.2, 0.25) is 0 Å². The molecule has 1 heterocycles. The van der Waals surface area contributed by atoms with E-state index in [1.54, 1.807) is 0 Å². The maximum atomic E-state index is 13.4. The fraction of sp³-hybridized carbons (Fsp3) is 0.462. The van der Waals surface area contributed by atoms with E-state index in [2.05, 4.69) is 10.6 Å². The number of nitrogens with one attached hydrogen (secondary N) is 2. The van der Waals surface area contributed by atoms with Gasteiger partial charge >= 0.3 is 0 Å². The van der Waals surface area contributed by atoms with Crippen molar-refractivity contribution in [2.45, 2.75) is 31.8 Å². The van der Waals surface area contributed by atoms with Crippen molar-refractivity contribution in [2.75, 3.05) is 6.54 Å². The van der Waals surface area contributed by atoms with Crippen LogP contribution in [-0.4, -0.2) is 24.5 Å². The molecule has 0 radical (unpaired) electrons. The highest BCUT2D eigenvalue weighted by Gasteiger charge is 2.24. The molecule has 19 heavy (non-hydrogen) atoms. The van der Waals surface area contributed by atoms with Gasteiger partial charge in [0, 0.05) is 24.2 Å². The van der Waals surface area contributed by atoms with E-state index in [4.69, 9.17) is 0 Å². The smallest absolute Gasteiger partial charge is 0.257 e. The van der Waals surface area contributed by atoms with Crippen LogP contribution in [0, 0.1) is 17.5 Å². The van der Waals surface area contributed by atoms with Crippen LogP contribution in [0.5, 0.6) is 0 Å². The summed E-state index contributed by atoms with van der Waals surface area (Å²) in [6.07, 6.45) is 1.39. The largest absolute Gasteiger partial charge is 0.349 e. The zero-order valence-corrected chi connectivity index (χ0v) is 10.5. The summed E-state index contributed by atoms with van der Waals surface area (Å²) in [5.41, 5.74) is -0.729. The van der Waals surface area contributed by atoms with Gasteiger partial charge < -0.3 is 10.6 Å². The summed E-state index contributed by atoms with van der Waals surface area (Å²) < 4.78 is 39.6. The third-order valence-corrected chi connectivity index (χ3v) is 3.19. The predicted molar refractivity (Wildman–Crippen MR) is 64.3 cm³/mol. The van der Waals surface area contributed by atoms with Gasteiger partial charge in [-0.25, -0.2) is 13.2 Å². The summed E-state index contributed by atoms with van der Waals surface area (Å²) >= 11 is 0. The molecule has 2 atom stereocenters. The Balaban J connectivity index is 2.12. The summed E-state index contributed by atoms with van der Waals surface area (Å²) in [5, 5.41) is 5.79. The van der Waals surface area contributed by atoms with Gasteiger partial charge in [-0.2, -0.15) is 0 Å². The highest BCUT2D eigenvalue weighted by Crippen LogP contribution is 2.16. The van der Waals surface area contributed by atoms with Gasteiger partial charge in [-0.15, -0.1) is 0 Å². The highest BCUT2D eigenvalue weighted by molar-refractivity contribution is 5.94. The van der Waals surface area contributed by atoms with Crippen LogP contribution in [0.3, 0.4) is 0 Å². The maximum absolute atomic E-state index is 13.4. The van der Waals surface area contributed by atoms with Crippen molar-refractivity contribution >= 4 is 5.91 Å². The molecule has 2 rings (SSSR count). The second kappa shape index (κ2) is 5.61. The lowest BCUT2D eigenvalue weighted by atomic mass is 10.00. The molecule has 1 saturated heterocycles. The molecule has 0 aromatic heterocycles. The lowest BCUT2D eigenvalue weighted by Gasteiger charge is -2.28. The van der Waals surface area contributed by atoms with Gasteiger partial charge in [-0.3, -0.25) is 4.79 Å². The highest BCUT2D eigenvalue weighted by atomic mass is 19.1. The van der Waals surface area contributed by atoms with Crippen LogP contribution < -0.4 is 10.6 Å². The number of hydrogen-bond donors (Lipinski definition) is 2. The van der Waals surface area contributed by atoms with Gasteiger partial charge in [0.25, 0.3) is 5.91 Å². The molecule has 2 unspecified atom stereocenters. The summed E-state index contributed by atoms with van der Waals surface area (Å²) in [7, 11) is 0. The van der Waals surface area contributed by atoms with Crippen LogP contribution in [-0.2, 0) is 0 Å². The maximum Gasteiger partial charge on any atom is 0.257 e. The predicted octanol–water partition coefficient (Wildman–Crippen LogP) is 1.97. The van der Waals surface area contributed by atoms with Crippen LogP contribution in [0.1, 0.15) is 30.1 Å². The average Bonchev–Trinajstić information content (AvgIpc) is 2.27.